The van der Waals surface area contributed by atoms with E-state index in [9.17, 15) is 9.59 Å². The largest absolute Gasteiger partial charge is 0.497 e. The lowest BCUT2D eigenvalue weighted by Crippen LogP contribution is -2.50. The fourth-order valence-corrected chi connectivity index (χ4v) is 2.93. The van der Waals surface area contributed by atoms with Gasteiger partial charge in [-0.15, -0.1) is 0 Å². The minimum Gasteiger partial charge on any atom is -0.497 e. The van der Waals surface area contributed by atoms with Crippen LogP contribution in [0.3, 0.4) is 0 Å². The first-order valence-corrected chi connectivity index (χ1v) is 9.79. The number of halogens is 1. The summed E-state index contributed by atoms with van der Waals surface area (Å²) >= 11 is 6.09. The second-order valence-electron chi connectivity index (χ2n) is 6.93. The Bertz CT molecular complexity index is 841. The Morgan fingerprint density at radius 1 is 1.10 bits per heavy atom. The zero-order valence-electron chi connectivity index (χ0n) is 17.1. The van der Waals surface area contributed by atoms with Crippen molar-refractivity contribution in [2.45, 2.75) is 39.4 Å². The topological polar surface area (TPSA) is 67.9 Å². The van der Waals surface area contributed by atoms with Gasteiger partial charge in [0.25, 0.3) is 5.91 Å². The van der Waals surface area contributed by atoms with E-state index in [2.05, 4.69) is 5.32 Å². The van der Waals surface area contributed by atoms with Gasteiger partial charge in [-0.25, -0.2) is 0 Å². The van der Waals surface area contributed by atoms with Gasteiger partial charge in [-0.3, -0.25) is 9.59 Å². The normalized spacial score (nSPS) is 11.7. The molecule has 0 radical (unpaired) electrons. The summed E-state index contributed by atoms with van der Waals surface area (Å²) in [5.74, 6) is 0.553. The van der Waals surface area contributed by atoms with Crippen molar-refractivity contribution >= 4 is 23.4 Å². The Labute approximate surface area is 176 Å². The summed E-state index contributed by atoms with van der Waals surface area (Å²) in [6.07, 6.45) is 0. The Morgan fingerprint density at radius 2 is 1.83 bits per heavy atom. The molecule has 2 amide bonds. The predicted octanol–water partition coefficient (Wildman–Crippen LogP) is 3.67. The van der Waals surface area contributed by atoms with E-state index in [4.69, 9.17) is 21.1 Å². The molecule has 2 aromatic carbocycles. The molecule has 1 atom stereocenters. The molecule has 0 saturated carbocycles. The summed E-state index contributed by atoms with van der Waals surface area (Å²) in [6.45, 7) is 5.46. The van der Waals surface area contributed by atoms with E-state index >= 15 is 0 Å². The summed E-state index contributed by atoms with van der Waals surface area (Å²) < 4.78 is 10.8. The minimum absolute atomic E-state index is 0.0295. The molecule has 0 bridgehead atoms. The van der Waals surface area contributed by atoms with Crippen LogP contribution >= 0.6 is 11.6 Å². The maximum Gasteiger partial charge on any atom is 0.261 e. The average Bonchev–Trinajstić information content (AvgIpc) is 2.70. The lowest BCUT2D eigenvalue weighted by atomic mass is 10.1. The van der Waals surface area contributed by atoms with Crippen LogP contribution in [0.2, 0.25) is 5.02 Å². The van der Waals surface area contributed by atoms with Crippen molar-refractivity contribution in [2.24, 2.45) is 0 Å². The average molecular weight is 419 g/mol. The van der Waals surface area contributed by atoms with Gasteiger partial charge in [-0.2, -0.15) is 0 Å². The standard InChI is InChI=1S/C22H27ClN2O4/c1-15(2)24-22(27)16(3)25(13-17-8-7-9-18(12-17)28-4)21(26)14-29-20-11-6-5-10-19(20)23/h5-12,15-16H,13-14H2,1-4H3,(H,24,27)/t16-/m1/s1. The zero-order valence-corrected chi connectivity index (χ0v) is 17.9. The highest BCUT2D eigenvalue weighted by atomic mass is 35.5. The van der Waals surface area contributed by atoms with Crippen LogP contribution in [-0.4, -0.2) is 42.5 Å². The summed E-state index contributed by atoms with van der Waals surface area (Å²) in [6, 6.07) is 13.6. The minimum atomic E-state index is -0.675. The van der Waals surface area contributed by atoms with Crippen molar-refractivity contribution in [3.8, 4) is 11.5 Å². The molecule has 7 heteroatoms. The van der Waals surface area contributed by atoms with Crippen molar-refractivity contribution in [2.75, 3.05) is 13.7 Å². The number of amides is 2. The van der Waals surface area contributed by atoms with Crippen LogP contribution < -0.4 is 14.8 Å². The van der Waals surface area contributed by atoms with Crippen LogP contribution in [0.5, 0.6) is 11.5 Å². The number of carbonyl (C=O) groups excluding carboxylic acids is 2. The van der Waals surface area contributed by atoms with Gasteiger partial charge in [0, 0.05) is 12.6 Å². The first-order chi connectivity index (χ1) is 13.8. The summed E-state index contributed by atoms with van der Waals surface area (Å²) in [7, 11) is 1.58. The van der Waals surface area contributed by atoms with E-state index < -0.39 is 6.04 Å². The smallest absolute Gasteiger partial charge is 0.261 e. The zero-order chi connectivity index (χ0) is 21.4. The Kier molecular flexibility index (Phi) is 8.34. The third-order valence-corrected chi connectivity index (χ3v) is 4.59. The molecule has 0 heterocycles. The first kappa shape index (κ1) is 22.6. The highest BCUT2D eigenvalue weighted by Crippen LogP contribution is 2.23. The second kappa shape index (κ2) is 10.7. The predicted molar refractivity (Wildman–Crippen MR) is 113 cm³/mol. The molecule has 1 N–H and O–H groups in total. The lowest BCUT2D eigenvalue weighted by molar-refractivity contribution is -0.142. The third kappa shape index (κ3) is 6.68. The molecule has 2 aromatic rings. The molecule has 0 aliphatic heterocycles. The Hall–Kier alpha value is -2.73. The number of nitrogens with zero attached hydrogens (tertiary/aromatic N) is 1. The van der Waals surface area contributed by atoms with Crippen LogP contribution in [0.1, 0.15) is 26.3 Å². The van der Waals surface area contributed by atoms with Crippen molar-refractivity contribution in [1.29, 1.82) is 0 Å². The van der Waals surface area contributed by atoms with E-state index in [1.165, 1.54) is 4.90 Å². The number of benzene rings is 2. The fraction of sp³-hybridized carbons (Fsp3) is 0.364. The highest BCUT2D eigenvalue weighted by molar-refractivity contribution is 6.32. The van der Waals surface area contributed by atoms with Gasteiger partial charge >= 0.3 is 0 Å². The maximum absolute atomic E-state index is 13.0. The molecule has 29 heavy (non-hydrogen) atoms. The molecule has 0 saturated heterocycles. The van der Waals surface area contributed by atoms with Crippen molar-refractivity contribution in [3.63, 3.8) is 0 Å². The number of rotatable bonds is 9. The third-order valence-electron chi connectivity index (χ3n) is 4.27. The summed E-state index contributed by atoms with van der Waals surface area (Å²) in [5, 5.41) is 3.27. The van der Waals surface area contributed by atoms with Crippen molar-refractivity contribution in [1.82, 2.24) is 10.2 Å². The van der Waals surface area contributed by atoms with Gasteiger partial charge in [0.05, 0.1) is 12.1 Å². The number of nitrogens with one attached hydrogen (secondary N) is 1. The summed E-state index contributed by atoms with van der Waals surface area (Å²) in [5.41, 5.74) is 0.847. The fourth-order valence-electron chi connectivity index (χ4n) is 2.74. The van der Waals surface area contributed by atoms with Gasteiger partial charge in [0.15, 0.2) is 6.61 Å². The Morgan fingerprint density at radius 3 is 2.48 bits per heavy atom. The van der Waals surface area contributed by atoms with E-state index in [0.29, 0.717) is 16.5 Å². The number of hydrogen-bond donors (Lipinski definition) is 1. The number of para-hydroxylation sites is 1. The van der Waals surface area contributed by atoms with Gasteiger partial charge in [0.2, 0.25) is 5.91 Å². The number of hydrogen-bond acceptors (Lipinski definition) is 4. The first-order valence-electron chi connectivity index (χ1n) is 9.42. The van der Waals surface area contributed by atoms with E-state index in [1.807, 2.05) is 38.1 Å². The van der Waals surface area contributed by atoms with Gasteiger partial charge in [0.1, 0.15) is 17.5 Å². The van der Waals surface area contributed by atoms with Gasteiger partial charge in [-0.05, 0) is 50.6 Å². The molecule has 0 aromatic heterocycles. The van der Waals surface area contributed by atoms with E-state index in [-0.39, 0.29) is 31.0 Å². The van der Waals surface area contributed by atoms with Crippen LogP contribution in [-0.2, 0) is 16.1 Å². The monoisotopic (exact) mass is 418 g/mol. The van der Waals surface area contributed by atoms with Crippen LogP contribution in [0.15, 0.2) is 48.5 Å². The molecular formula is C22H27ClN2O4. The molecule has 6 nitrogen and oxygen atoms in total. The highest BCUT2D eigenvalue weighted by Gasteiger charge is 2.27. The molecule has 0 aliphatic carbocycles. The van der Waals surface area contributed by atoms with Crippen LogP contribution in [0.25, 0.3) is 0 Å². The summed E-state index contributed by atoms with van der Waals surface area (Å²) in [4.78, 5) is 27.0. The van der Waals surface area contributed by atoms with Crippen molar-refractivity contribution in [3.05, 3.63) is 59.1 Å². The van der Waals surface area contributed by atoms with Gasteiger partial charge in [-0.1, -0.05) is 35.9 Å². The second-order valence-corrected chi connectivity index (χ2v) is 7.34. The van der Waals surface area contributed by atoms with Crippen LogP contribution in [0, 0.1) is 0 Å². The maximum atomic E-state index is 13.0. The van der Waals surface area contributed by atoms with E-state index in [1.54, 1.807) is 38.3 Å². The number of carbonyl (C=O) groups is 2. The Balaban J connectivity index is 2.19. The molecular weight excluding hydrogens is 392 g/mol. The van der Waals surface area contributed by atoms with Crippen molar-refractivity contribution < 1.29 is 19.1 Å². The molecule has 0 fully saturated rings. The quantitative estimate of drug-likeness (QED) is 0.674. The molecule has 2 rings (SSSR count). The van der Waals surface area contributed by atoms with Gasteiger partial charge < -0.3 is 19.7 Å². The number of methoxy groups -OCH3 is 1. The SMILES string of the molecule is COc1cccc(CN(C(=O)COc2ccccc2Cl)[C@H](C)C(=O)NC(C)C)c1. The van der Waals surface area contributed by atoms with Crippen LogP contribution in [0.4, 0.5) is 0 Å². The number of ether oxygens (including phenoxy) is 2. The van der Waals surface area contributed by atoms with E-state index in [0.717, 1.165) is 5.56 Å². The molecule has 0 aliphatic rings. The lowest BCUT2D eigenvalue weighted by Gasteiger charge is -2.29. The molecule has 156 valence electrons. The molecule has 0 spiro atoms. The molecule has 0 unspecified atom stereocenters.